The van der Waals surface area contributed by atoms with Gasteiger partial charge in [0.1, 0.15) is 22.9 Å². The van der Waals surface area contributed by atoms with Crippen molar-refractivity contribution in [2.24, 2.45) is 0 Å². The molecule has 242 valence electrons. The highest BCUT2D eigenvalue weighted by Gasteiger charge is 2.42. The molecule has 6 heteroatoms. The molecule has 2 nitrogen and oxygen atoms in total. The molecule has 0 saturated carbocycles. The molecule has 3 aromatic rings. The molecule has 0 aromatic heterocycles. The van der Waals surface area contributed by atoms with Crippen LogP contribution in [0.3, 0.4) is 0 Å². The van der Waals surface area contributed by atoms with E-state index >= 15 is 13.2 Å². The molecule has 3 aromatic carbocycles. The molecule has 0 aliphatic rings. The highest BCUT2D eigenvalue weighted by molar-refractivity contribution is 5.39. The van der Waals surface area contributed by atoms with Gasteiger partial charge in [-0.3, -0.25) is 0 Å². The Balaban J connectivity index is 1.52. The fourth-order valence-corrected chi connectivity index (χ4v) is 5.40. The molecule has 0 amide bonds. The van der Waals surface area contributed by atoms with E-state index in [-0.39, 0.29) is 11.5 Å². The molecule has 44 heavy (non-hydrogen) atoms. The third-order valence-electron chi connectivity index (χ3n) is 8.06. The van der Waals surface area contributed by atoms with E-state index in [1.165, 1.54) is 89.2 Å². The molecule has 0 saturated heterocycles. The SMILES string of the molecule is CCCCCCCCCCc1ccc(OC(F)(F)c2c(F)ccc(Oc3ccc(CCCCCCCCC)cc3)c2F)cc1. The van der Waals surface area contributed by atoms with Crippen LogP contribution in [0.4, 0.5) is 17.6 Å². The Kier molecular flexibility index (Phi) is 15.6. The first kappa shape index (κ1) is 35.5. The van der Waals surface area contributed by atoms with Gasteiger partial charge >= 0.3 is 6.11 Å². The van der Waals surface area contributed by atoms with Gasteiger partial charge in [0.05, 0.1) is 0 Å². The molecular formula is C38H50F4O2. The number of hydrogen-bond donors (Lipinski definition) is 0. The lowest BCUT2D eigenvalue weighted by Crippen LogP contribution is -2.25. The van der Waals surface area contributed by atoms with Gasteiger partial charge in [0.2, 0.25) is 0 Å². The lowest BCUT2D eigenvalue weighted by Gasteiger charge is -2.20. The third-order valence-corrected chi connectivity index (χ3v) is 8.06. The van der Waals surface area contributed by atoms with Crippen LogP contribution in [-0.4, -0.2) is 0 Å². The first-order valence-electron chi connectivity index (χ1n) is 16.7. The molecule has 3 rings (SSSR count). The Morgan fingerprint density at radius 2 is 0.955 bits per heavy atom. The first-order valence-corrected chi connectivity index (χ1v) is 16.7. The summed E-state index contributed by atoms with van der Waals surface area (Å²) in [4.78, 5) is 0. The maximum absolute atomic E-state index is 15.2. The van der Waals surface area contributed by atoms with Crippen LogP contribution in [0.25, 0.3) is 0 Å². The fraction of sp³-hybridized carbons (Fsp3) is 0.526. The molecule has 0 radical (unpaired) electrons. The van der Waals surface area contributed by atoms with Crippen molar-refractivity contribution < 1.29 is 27.0 Å². The molecule has 0 bridgehead atoms. The van der Waals surface area contributed by atoms with Crippen LogP contribution in [-0.2, 0) is 19.0 Å². The summed E-state index contributed by atoms with van der Waals surface area (Å²) in [5.74, 6) is -3.28. The summed E-state index contributed by atoms with van der Waals surface area (Å²) in [6.07, 6.45) is 15.8. The van der Waals surface area contributed by atoms with Crippen LogP contribution in [0.5, 0.6) is 17.2 Å². The topological polar surface area (TPSA) is 18.5 Å². The van der Waals surface area contributed by atoms with E-state index < -0.39 is 29.1 Å². The van der Waals surface area contributed by atoms with Crippen molar-refractivity contribution in [2.45, 2.75) is 129 Å². The monoisotopic (exact) mass is 614 g/mol. The largest absolute Gasteiger partial charge is 0.454 e. The zero-order valence-corrected chi connectivity index (χ0v) is 26.6. The Bertz CT molecular complexity index is 1210. The number of benzene rings is 3. The Morgan fingerprint density at radius 3 is 1.43 bits per heavy atom. The number of ether oxygens (including phenoxy) is 2. The summed E-state index contributed by atoms with van der Waals surface area (Å²) in [7, 11) is 0. The van der Waals surface area contributed by atoms with Gasteiger partial charge in [-0.2, -0.15) is 8.78 Å². The minimum atomic E-state index is -4.24. The second-order valence-corrected chi connectivity index (χ2v) is 11.8. The van der Waals surface area contributed by atoms with E-state index in [0.717, 1.165) is 55.4 Å². The average Bonchev–Trinajstić information content (AvgIpc) is 3.01. The Morgan fingerprint density at radius 1 is 0.523 bits per heavy atom. The van der Waals surface area contributed by atoms with Gasteiger partial charge in [-0.15, -0.1) is 0 Å². The molecular weight excluding hydrogens is 564 g/mol. The fourth-order valence-electron chi connectivity index (χ4n) is 5.40. The van der Waals surface area contributed by atoms with Crippen LogP contribution in [0.15, 0.2) is 60.7 Å². The lowest BCUT2D eigenvalue weighted by molar-refractivity contribution is -0.189. The number of rotatable bonds is 22. The standard InChI is InChI=1S/C38H50F4O2/c1-3-5-7-9-11-13-15-17-19-31-22-26-33(27-23-31)44-38(41,42)36-34(39)28-29-35(37(36)40)43-32-24-20-30(21-25-32)18-16-14-12-10-8-6-4-2/h20-29H,3-19H2,1-2H3. The van der Waals surface area contributed by atoms with Crippen molar-refractivity contribution in [3.63, 3.8) is 0 Å². The molecule has 0 heterocycles. The van der Waals surface area contributed by atoms with Crippen LogP contribution >= 0.6 is 0 Å². The Labute approximate surface area is 262 Å². The smallest absolute Gasteiger partial charge is 0.432 e. The van der Waals surface area contributed by atoms with E-state index in [9.17, 15) is 4.39 Å². The van der Waals surface area contributed by atoms with Gasteiger partial charge in [-0.05, 0) is 73.2 Å². The molecule has 0 unspecified atom stereocenters. The van der Waals surface area contributed by atoms with Crippen molar-refractivity contribution >= 4 is 0 Å². The van der Waals surface area contributed by atoms with Crippen molar-refractivity contribution in [1.82, 2.24) is 0 Å². The highest BCUT2D eigenvalue weighted by atomic mass is 19.3. The maximum Gasteiger partial charge on any atom is 0.432 e. The molecule has 0 spiro atoms. The van der Waals surface area contributed by atoms with Crippen LogP contribution < -0.4 is 9.47 Å². The van der Waals surface area contributed by atoms with Gasteiger partial charge in [0.15, 0.2) is 11.6 Å². The quantitative estimate of drug-likeness (QED) is 0.0828. The lowest BCUT2D eigenvalue weighted by atomic mass is 10.0. The highest BCUT2D eigenvalue weighted by Crippen LogP contribution is 2.39. The summed E-state index contributed by atoms with van der Waals surface area (Å²) in [6.45, 7) is 4.41. The van der Waals surface area contributed by atoms with Gasteiger partial charge in [0, 0.05) is 0 Å². The van der Waals surface area contributed by atoms with Crippen LogP contribution in [0.2, 0.25) is 0 Å². The second-order valence-electron chi connectivity index (χ2n) is 11.8. The average molecular weight is 615 g/mol. The summed E-state index contributed by atoms with van der Waals surface area (Å²) >= 11 is 0. The zero-order valence-electron chi connectivity index (χ0n) is 26.6. The van der Waals surface area contributed by atoms with Crippen molar-refractivity contribution in [3.8, 4) is 17.2 Å². The summed E-state index contributed by atoms with van der Waals surface area (Å²) in [5.41, 5.74) is 0.649. The number of aryl methyl sites for hydroxylation is 2. The number of unbranched alkanes of at least 4 members (excludes halogenated alkanes) is 13. The van der Waals surface area contributed by atoms with E-state index in [1.54, 1.807) is 24.3 Å². The van der Waals surface area contributed by atoms with Crippen molar-refractivity contribution in [3.05, 3.63) is 89.0 Å². The number of alkyl halides is 2. The predicted octanol–water partition coefficient (Wildman–Crippen LogP) is 12.9. The van der Waals surface area contributed by atoms with E-state index in [2.05, 4.69) is 13.8 Å². The van der Waals surface area contributed by atoms with Gasteiger partial charge in [0.25, 0.3) is 0 Å². The number of hydrogen-bond acceptors (Lipinski definition) is 2. The minimum Gasteiger partial charge on any atom is -0.454 e. The molecule has 0 aliphatic carbocycles. The van der Waals surface area contributed by atoms with E-state index in [4.69, 9.17) is 9.47 Å². The van der Waals surface area contributed by atoms with E-state index in [0.29, 0.717) is 0 Å². The van der Waals surface area contributed by atoms with Gasteiger partial charge in [-0.1, -0.05) is 122 Å². The molecule has 0 aliphatic heterocycles. The second kappa shape index (κ2) is 19.4. The van der Waals surface area contributed by atoms with Crippen LogP contribution in [0, 0.1) is 11.6 Å². The predicted molar refractivity (Wildman–Crippen MR) is 172 cm³/mol. The summed E-state index contributed by atoms with van der Waals surface area (Å²) in [5, 5.41) is 0. The number of halogens is 4. The third kappa shape index (κ3) is 12.2. The maximum atomic E-state index is 15.2. The van der Waals surface area contributed by atoms with Crippen molar-refractivity contribution in [2.75, 3.05) is 0 Å². The Hall–Kier alpha value is -3.02. The van der Waals surface area contributed by atoms with Crippen LogP contribution in [0.1, 0.15) is 127 Å². The summed E-state index contributed by atoms with van der Waals surface area (Å²) in [6, 6.07) is 15.1. The zero-order chi connectivity index (χ0) is 31.6. The molecule has 0 atom stereocenters. The minimum absolute atomic E-state index is 0.170. The normalized spacial score (nSPS) is 11.6. The van der Waals surface area contributed by atoms with Crippen molar-refractivity contribution in [1.29, 1.82) is 0 Å². The van der Waals surface area contributed by atoms with E-state index in [1.807, 2.05) is 12.1 Å². The molecule has 0 N–H and O–H groups in total. The van der Waals surface area contributed by atoms with Gasteiger partial charge < -0.3 is 9.47 Å². The first-order chi connectivity index (χ1) is 21.3. The summed E-state index contributed by atoms with van der Waals surface area (Å²) < 4.78 is 70.4. The molecule has 0 fully saturated rings. The van der Waals surface area contributed by atoms with Gasteiger partial charge in [-0.25, -0.2) is 8.78 Å².